The molecule has 0 saturated carbocycles. The zero-order chi connectivity index (χ0) is 15.7. The third-order valence-electron chi connectivity index (χ3n) is 3.78. The molecule has 22 heavy (non-hydrogen) atoms. The molecule has 0 radical (unpaired) electrons. The molecule has 1 aliphatic rings. The number of furan rings is 1. The van der Waals surface area contributed by atoms with Crippen molar-refractivity contribution in [3.05, 3.63) is 58.3 Å². The first-order chi connectivity index (χ1) is 10.6. The van der Waals surface area contributed by atoms with Gasteiger partial charge in [-0.2, -0.15) is 0 Å². The third kappa shape index (κ3) is 2.87. The molecule has 0 aliphatic carbocycles. The lowest BCUT2D eigenvalue weighted by Gasteiger charge is -2.20. The Labute approximate surface area is 132 Å². The van der Waals surface area contributed by atoms with Crippen molar-refractivity contribution >= 4 is 17.5 Å². The SMILES string of the molecule is Cc1occc1C(=O)NC1CCOC1c1ccc(Cl)c(F)c1. The second kappa shape index (κ2) is 6.10. The van der Waals surface area contributed by atoms with Crippen LogP contribution in [0.4, 0.5) is 4.39 Å². The number of rotatable bonds is 3. The van der Waals surface area contributed by atoms with Crippen LogP contribution in [0, 0.1) is 12.7 Å². The molecule has 1 aromatic carbocycles. The maximum Gasteiger partial charge on any atom is 0.255 e. The van der Waals surface area contributed by atoms with E-state index in [0.717, 1.165) is 0 Å². The minimum absolute atomic E-state index is 0.0661. The molecule has 0 bridgehead atoms. The summed E-state index contributed by atoms with van der Waals surface area (Å²) in [6.07, 6.45) is 1.75. The molecule has 0 spiro atoms. The molecule has 3 rings (SSSR count). The zero-order valence-corrected chi connectivity index (χ0v) is 12.7. The van der Waals surface area contributed by atoms with E-state index >= 15 is 0 Å². The molecule has 1 amide bonds. The number of benzene rings is 1. The molecule has 2 aromatic rings. The minimum Gasteiger partial charge on any atom is -0.469 e. The predicted molar refractivity (Wildman–Crippen MR) is 79.4 cm³/mol. The van der Waals surface area contributed by atoms with Crippen LogP contribution >= 0.6 is 11.6 Å². The van der Waals surface area contributed by atoms with Gasteiger partial charge in [0, 0.05) is 6.61 Å². The van der Waals surface area contributed by atoms with Crippen LogP contribution in [-0.4, -0.2) is 18.6 Å². The van der Waals surface area contributed by atoms with Crippen LogP contribution in [0.15, 0.2) is 34.9 Å². The fourth-order valence-electron chi connectivity index (χ4n) is 2.62. The Morgan fingerprint density at radius 3 is 2.91 bits per heavy atom. The first kappa shape index (κ1) is 15.1. The Morgan fingerprint density at radius 1 is 1.41 bits per heavy atom. The number of amides is 1. The van der Waals surface area contributed by atoms with E-state index in [1.165, 1.54) is 18.4 Å². The summed E-state index contributed by atoms with van der Waals surface area (Å²) >= 11 is 5.70. The highest BCUT2D eigenvalue weighted by Gasteiger charge is 2.32. The van der Waals surface area contributed by atoms with Crippen LogP contribution in [-0.2, 0) is 4.74 Å². The normalized spacial score (nSPS) is 21.0. The van der Waals surface area contributed by atoms with Gasteiger partial charge in [0.2, 0.25) is 0 Å². The standard InChI is InChI=1S/C16H15ClFNO3/c1-9-11(4-6-21-9)16(20)19-14-5-7-22-15(14)10-2-3-12(17)13(18)8-10/h2-4,6,8,14-15H,5,7H2,1H3,(H,19,20). The first-order valence-corrected chi connectivity index (χ1v) is 7.35. The number of aryl methyl sites for hydroxylation is 1. The lowest BCUT2D eigenvalue weighted by molar-refractivity contribution is 0.0819. The second-order valence-corrected chi connectivity index (χ2v) is 5.63. The molecule has 4 nitrogen and oxygen atoms in total. The summed E-state index contributed by atoms with van der Waals surface area (Å²) in [5.41, 5.74) is 1.15. The lowest BCUT2D eigenvalue weighted by atomic mass is 10.0. The van der Waals surface area contributed by atoms with Crippen LogP contribution in [0.3, 0.4) is 0 Å². The van der Waals surface area contributed by atoms with E-state index in [2.05, 4.69) is 5.32 Å². The smallest absolute Gasteiger partial charge is 0.255 e. The van der Waals surface area contributed by atoms with E-state index in [1.54, 1.807) is 19.1 Å². The van der Waals surface area contributed by atoms with Crippen LogP contribution in [0.5, 0.6) is 0 Å². The van der Waals surface area contributed by atoms with Gasteiger partial charge in [-0.1, -0.05) is 17.7 Å². The molecule has 1 fully saturated rings. The van der Waals surface area contributed by atoms with Crippen LogP contribution < -0.4 is 5.32 Å². The monoisotopic (exact) mass is 323 g/mol. The van der Waals surface area contributed by atoms with Crippen molar-refractivity contribution < 1.29 is 18.3 Å². The molecule has 1 aliphatic heterocycles. The van der Waals surface area contributed by atoms with Crippen LogP contribution in [0.2, 0.25) is 5.02 Å². The van der Waals surface area contributed by atoms with Crippen LogP contribution in [0.1, 0.15) is 34.2 Å². The molecule has 6 heteroatoms. The molecule has 2 unspecified atom stereocenters. The zero-order valence-electron chi connectivity index (χ0n) is 11.9. The van der Waals surface area contributed by atoms with Gasteiger partial charge in [-0.25, -0.2) is 4.39 Å². The predicted octanol–water partition coefficient (Wildman–Crippen LogP) is 3.64. The number of carbonyl (C=O) groups is 1. The van der Waals surface area contributed by atoms with Gasteiger partial charge in [-0.15, -0.1) is 0 Å². The largest absolute Gasteiger partial charge is 0.469 e. The maximum absolute atomic E-state index is 13.6. The fourth-order valence-corrected chi connectivity index (χ4v) is 2.74. The first-order valence-electron chi connectivity index (χ1n) is 6.98. The summed E-state index contributed by atoms with van der Waals surface area (Å²) in [4.78, 5) is 12.3. The van der Waals surface area contributed by atoms with E-state index in [-0.39, 0.29) is 23.1 Å². The van der Waals surface area contributed by atoms with Gasteiger partial charge in [-0.05, 0) is 37.1 Å². The molecule has 1 N–H and O–H groups in total. The molecule has 116 valence electrons. The summed E-state index contributed by atoms with van der Waals surface area (Å²) in [5, 5.41) is 2.99. The van der Waals surface area contributed by atoms with Crippen molar-refractivity contribution in [2.24, 2.45) is 0 Å². The highest BCUT2D eigenvalue weighted by Crippen LogP contribution is 2.31. The number of hydrogen-bond acceptors (Lipinski definition) is 3. The van der Waals surface area contributed by atoms with Crippen molar-refractivity contribution in [1.29, 1.82) is 0 Å². The van der Waals surface area contributed by atoms with E-state index in [0.29, 0.717) is 29.9 Å². The molecular weight excluding hydrogens is 309 g/mol. The third-order valence-corrected chi connectivity index (χ3v) is 4.09. The van der Waals surface area contributed by atoms with Crippen molar-refractivity contribution in [2.45, 2.75) is 25.5 Å². The number of ether oxygens (including phenoxy) is 1. The van der Waals surface area contributed by atoms with E-state index in [4.69, 9.17) is 20.8 Å². The Hall–Kier alpha value is -1.85. The van der Waals surface area contributed by atoms with Gasteiger partial charge >= 0.3 is 0 Å². The quantitative estimate of drug-likeness (QED) is 0.938. The lowest BCUT2D eigenvalue weighted by Crippen LogP contribution is -2.36. The van der Waals surface area contributed by atoms with Gasteiger partial charge in [0.15, 0.2) is 0 Å². The highest BCUT2D eigenvalue weighted by atomic mass is 35.5. The van der Waals surface area contributed by atoms with Gasteiger partial charge in [-0.3, -0.25) is 4.79 Å². The van der Waals surface area contributed by atoms with Crippen molar-refractivity contribution in [2.75, 3.05) is 6.61 Å². The number of hydrogen-bond donors (Lipinski definition) is 1. The maximum atomic E-state index is 13.6. The van der Waals surface area contributed by atoms with Gasteiger partial charge in [0.1, 0.15) is 17.7 Å². The molecule has 2 heterocycles. The molecular formula is C16H15ClFNO3. The molecule has 1 aromatic heterocycles. The summed E-state index contributed by atoms with van der Waals surface area (Å²) in [6, 6.07) is 5.96. The van der Waals surface area contributed by atoms with E-state index < -0.39 is 5.82 Å². The number of nitrogens with one attached hydrogen (secondary N) is 1. The van der Waals surface area contributed by atoms with Crippen molar-refractivity contribution in [3.8, 4) is 0 Å². The van der Waals surface area contributed by atoms with Crippen molar-refractivity contribution in [3.63, 3.8) is 0 Å². The van der Waals surface area contributed by atoms with Crippen LogP contribution in [0.25, 0.3) is 0 Å². The summed E-state index contributed by atoms with van der Waals surface area (Å²) < 4.78 is 24.4. The topological polar surface area (TPSA) is 51.5 Å². The van der Waals surface area contributed by atoms with E-state index in [9.17, 15) is 9.18 Å². The summed E-state index contributed by atoms with van der Waals surface area (Å²) in [7, 11) is 0. The second-order valence-electron chi connectivity index (χ2n) is 5.22. The Balaban J connectivity index is 1.77. The van der Waals surface area contributed by atoms with Gasteiger partial charge in [0.25, 0.3) is 5.91 Å². The van der Waals surface area contributed by atoms with Crippen molar-refractivity contribution in [1.82, 2.24) is 5.32 Å². The Morgan fingerprint density at radius 2 is 2.23 bits per heavy atom. The fraction of sp³-hybridized carbons (Fsp3) is 0.312. The number of carbonyl (C=O) groups excluding carboxylic acids is 1. The minimum atomic E-state index is -0.495. The number of halogens is 2. The van der Waals surface area contributed by atoms with E-state index in [1.807, 2.05) is 0 Å². The highest BCUT2D eigenvalue weighted by molar-refractivity contribution is 6.30. The summed E-state index contributed by atoms with van der Waals surface area (Å²) in [6.45, 7) is 2.23. The van der Waals surface area contributed by atoms with Gasteiger partial charge < -0.3 is 14.5 Å². The average molecular weight is 324 g/mol. The Kier molecular flexibility index (Phi) is 4.18. The van der Waals surface area contributed by atoms with Gasteiger partial charge in [0.05, 0.1) is 22.9 Å². The summed E-state index contributed by atoms with van der Waals surface area (Å²) in [5.74, 6) is -0.155. The average Bonchev–Trinajstić information content (AvgIpc) is 3.11. The molecule has 2 atom stereocenters. The Bertz CT molecular complexity index is 700. The molecule has 1 saturated heterocycles.